The number of sulfonamides is 1. The molecule has 0 saturated carbocycles. The van der Waals surface area contributed by atoms with Gasteiger partial charge in [0.15, 0.2) is 0 Å². The van der Waals surface area contributed by atoms with Gasteiger partial charge in [-0.15, -0.1) is 0 Å². The number of carbonyl (C=O) groups is 1. The molecule has 0 aliphatic heterocycles. The lowest BCUT2D eigenvalue weighted by molar-refractivity contribution is 0.0956. The van der Waals surface area contributed by atoms with E-state index in [0.29, 0.717) is 12.2 Å². The molecule has 0 fully saturated rings. The number of thioether (sulfide) groups is 1. The molecular formula is C21H27ClN2O3S2. The van der Waals surface area contributed by atoms with Gasteiger partial charge in [0.25, 0.3) is 15.9 Å². The number of nitrogens with one attached hydrogen (secondary N) is 2. The third-order valence-corrected chi connectivity index (χ3v) is 7.16. The van der Waals surface area contributed by atoms with Crippen LogP contribution < -0.4 is 10.0 Å². The van der Waals surface area contributed by atoms with Crippen LogP contribution in [0.3, 0.4) is 0 Å². The zero-order valence-corrected chi connectivity index (χ0v) is 19.7. The van der Waals surface area contributed by atoms with Gasteiger partial charge in [-0.1, -0.05) is 44.5 Å². The maximum Gasteiger partial charge on any atom is 0.263 e. The van der Waals surface area contributed by atoms with Crippen molar-refractivity contribution in [2.24, 2.45) is 0 Å². The Labute approximate surface area is 182 Å². The van der Waals surface area contributed by atoms with Crippen molar-refractivity contribution in [3.05, 3.63) is 58.1 Å². The molecule has 0 unspecified atom stereocenters. The van der Waals surface area contributed by atoms with Crippen molar-refractivity contribution < 1.29 is 13.2 Å². The first-order valence-electron chi connectivity index (χ1n) is 9.21. The maximum atomic E-state index is 12.9. The van der Waals surface area contributed by atoms with Gasteiger partial charge in [-0.3, -0.25) is 9.52 Å². The highest BCUT2D eigenvalue weighted by atomic mass is 35.5. The van der Waals surface area contributed by atoms with E-state index in [2.05, 4.69) is 30.8 Å². The van der Waals surface area contributed by atoms with E-state index < -0.39 is 10.0 Å². The number of benzene rings is 2. The van der Waals surface area contributed by atoms with Crippen LogP contribution in [0.4, 0.5) is 5.69 Å². The monoisotopic (exact) mass is 454 g/mol. The molecule has 8 heteroatoms. The first kappa shape index (κ1) is 23.6. The minimum Gasteiger partial charge on any atom is -0.351 e. The number of halogens is 1. The topological polar surface area (TPSA) is 75.3 Å². The van der Waals surface area contributed by atoms with Gasteiger partial charge in [-0.05, 0) is 49.2 Å². The highest BCUT2D eigenvalue weighted by molar-refractivity contribution is 8.00. The lowest BCUT2D eigenvalue weighted by atomic mass is 10.1. The van der Waals surface area contributed by atoms with Gasteiger partial charge < -0.3 is 5.32 Å². The summed E-state index contributed by atoms with van der Waals surface area (Å²) in [6.07, 6.45) is 0. The Balaban J connectivity index is 2.19. The number of anilines is 1. The Morgan fingerprint density at radius 2 is 1.79 bits per heavy atom. The van der Waals surface area contributed by atoms with Crippen LogP contribution in [-0.4, -0.2) is 31.4 Å². The minimum atomic E-state index is -3.95. The van der Waals surface area contributed by atoms with Crippen LogP contribution in [0.2, 0.25) is 5.02 Å². The second kappa shape index (κ2) is 9.41. The second-order valence-electron chi connectivity index (χ2n) is 7.79. The number of rotatable bonds is 7. The molecular weight excluding hydrogens is 428 g/mol. The third kappa shape index (κ3) is 6.94. The molecule has 0 saturated heterocycles. The number of hydrogen-bond donors (Lipinski definition) is 2. The maximum absolute atomic E-state index is 12.9. The van der Waals surface area contributed by atoms with Crippen LogP contribution >= 0.6 is 23.4 Å². The van der Waals surface area contributed by atoms with E-state index >= 15 is 0 Å². The zero-order valence-electron chi connectivity index (χ0n) is 17.3. The van der Waals surface area contributed by atoms with Gasteiger partial charge in [0.2, 0.25) is 0 Å². The molecule has 0 aromatic heterocycles. The Bertz CT molecular complexity index is 999. The van der Waals surface area contributed by atoms with Crippen molar-refractivity contribution in [1.82, 2.24) is 5.32 Å². The SMILES string of the molecule is Cc1ccc(C)c(NS(=O)(=O)c2cc(C(=O)NCCSC(C)(C)C)ccc2Cl)c1. The Morgan fingerprint density at radius 3 is 2.45 bits per heavy atom. The lowest BCUT2D eigenvalue weighted by Gasteiger charge is -2.17. The van der Waals surface area contributed by atoms with E-state index in [1.54, 1.807) is 17.8 Å². The molecule has 1 amide bonds. The quantitative estimate of drug-likeness (QED) is 0.576. The van der Waals surface area contributed by atoms with Crippen LogP contribution in [0.1, 0.15) is 42.3 Å². The molecule has 29 heavy (non-hydrogen) atoms. The van der Waals surface area contributed by atoms with Crippen LogP contribution in [0.15, 0.2) is 41.3 Å². The zero-order chi connectivity index (χ0) is 21.8. The molecule has 0 radical (unpaired) electrons. The summed E-state index contributed by atoms with van der Waals surface area (Å²) in [6, 6.07) is 9.76. The van der Waals surface area contributed by atoms with Crippen molar-refractivity contribution in [3.63, 3.8) is 0 Å². The predicted octanol–water partition coefficient (Wildman–Crippen LogP) is 5.02. The van der Waals surface area contributed by atoms with Gasteiger partial charge in [-0.2, -0.15) is 11.8 Å². The minimum absolute atomic E-state index is 0.0580. The normalized spacial score (nSPS) is 11.9. The number of carbonyl (C=O) groups excluding carboxylic acids is 1. The summed E-state index contributed by atoms with van der Waals surface area (Å²) in [4.78, 5) is 12.3. The van der Waals surface area contributed by atoms with Crippen molar-refractivity contribution in [2.45, 2.75) is 44.3 Å². The molecule has 158 valence electrons. The Hall–Kier alpha value is -1.70. The van der Waals surface area contributed by atoms with Gasteiger partial charge in [0, 0.05) is 22.6 Å². The first-order valence-corrected chi connectivity index (χ1v) is 12.1. The van der Waals surface area contributed by atoms with E-state index in [9.17, 15) is 13.2 Å². The average molecular weight is 455 g/mol. The summed E-state index contributed by atoms with van der Waals surface area (Å²) in [5.41, 5.74) is 2.45. The molecule has 2 aromatic carbocycles. The first-order chi connectivity index (χ1) is 13.4. The van der Waals surface area contributed by atoms with Gasteiger partial charge in [0.1, 0.15) is 4.90 Å². The van der Waals surface area contributed by atoms with Crippen molar-refractivity contribution in [2.75, 3.05) is 17.0 Å². The summed E-state index contributed by atoms with van der Waals surface area (Å²) in [5.74, 6) is 0.432. The number of aryl methyl sites for hydroxylation is 2. The molecule has 0 bridgehead atoms. The Morgan fingerprint density at radius 1 is 1.10 bits per heavy atom. The van der Waals surface area contributed by atoms with E-state index in [1.807, 2.05) is 26.0 Å². The van der Waals surface area contributed by atoms with Crippen molar-refractivity contribution >= 4 is 45.0 Å². The highest BCUT2D eigenvalue weighted by Gasteiger charge is 2.21. The molecule has 5 nitrogen and oxygen atoms in total. The van der Waals surface area contributed by atoms with E-state index in [4.69, 9.17) is 11.6 Å². The predicted molar refractivity (Wildman–Crippen MR) is 123 cm³/mol. The smallest absolute Gasteiger partial charge is 0.263 e. The van der Waals surface area contributed by atoms with Gasteiger partial charge in [-0.25, -0.2) is 8.42 Å². The number of amides is 1. The van der Waals surface area contributed by atoms with Crippen LogP contribution in [0.25, 0.3) is 0 Å². The molecule has 0 atom stereocenters. The molecule has 0 aliphatic rings. The highest BCUT2D eigenvalue weighted by Crippen LogP contribution is 2.27. The van der Waals surface area contributed by atoms with Crippen LogP contribution in [-0.2, 0) is 10.0 Å². The van der Waals surface area contributed by atoms with Crippen molar-refractivity contribution in [1.29, 1.82) is 0 Å². The molecule has 0 spiro atoms. The summed E-state index contributed by atoms with van der Waals surface area (Å²) in [6.45, 7) is 10.5. The lowest BCUT2D eigenvalue weighted by Crippen LogP contribution is -2.27. The van der Waals surface area contributed by atoms with E-state index in [0.717, 1.165) is 16.9 Å². The number of hydrogen-bond acceptors (Lipinski definition) is 4. The Kier molecular flexibility index (Phi) is 7.65. The molecule has 2 N–H and O–H groups in total. The fourth-order valence-electron chi connectivity index (χ4n) is 2.52. The fraction of sp³-hybridized carbons (Fsp3) is 0.381. The third-order valence-electron chi connectivity index (χ3n) is 4.04. The van der Waals surface area contributed by atoms with Gasteiger partial charge in [0.05, 0.1) is 10.7 Å². The largest absolute Gasteiger partial charge is 0.351 e. The van der Waals surface area contributed by atoms with E-state index in [-0.39, 0.29) is 26.1 Å². The summed E-state index contributed by atoms with van der Waals surface area (Å²) < 4.78 is 28.5. The summed E-state index contributed by atoms with van der Waals surface area (Å²) >= 11 is 7.89. The van der Waals surface area contributed by atoms with Gasteiger partial charge >= 0.3 is 0 Å². The standard InChI is InChI=1S/C21H27ClN2O3S2/c1-14-6-7-15(2)18(12-14)24-29(26,27)19-13-16(8-9-17(19)22)20(25)23-10-11-28-21(3,4)5/h6-9,12-13,24H,10-11H2,1-5H3,(H,23,25). The fourth-order valence-corrected chi connectivity index (χ4v) is 4.98. The molecule has 0 heterocycles. The van der Waals surface area contributed by atoms with Crippen molar-refractivity contribution in [3.8, 4) is 0 Å². The molecule has 2 rings (SSSR count). The van der Waals surface area contributed by atoms with E-state index in [1.165, 1.54) is 18.2 Å². The van der Waals surface area contributed by atoms with Crippen LogP contribution in [0, 0.1) is 13.8 Å². The van der Waals surface area contributed by atoms with Crippen LogP contribution in [0.5, 0.6) is 0 Å². The molecule has 2 aromatic rings. The summed E-state index contributed by atoms with van der Waals surface area (Å²) in [7, 11) is -3.95. The second-order valence-corrected chi connectivity index (χ2v) is 11.8. The molecule has 0 aliphatic carbocycles. The summed E-state index contributed by atoms with van der Waals surface area (Å²) in [5, 5.41) is 2.88. The average Bonchev–Trinajstić information content (AvgIpc) is 2.61.